The number of unbranched alkanes of at least 4 members (excludes halogenated alkanes) is 1. The van der Waals surface area contributed by atoms with Gasteiger partial charge in [-0.15, -0.1) is 0 Å². The first kappa shape index (κ1) is 23.3. The number of carbonyl (C=O) groups excluding carboxylic acids is 1. The zero-order valence-electron chi connectivity index (χ0n) is 17.5. The van der Waals surface area contributed by atoms with E-state index in [1.807, 2.05) is 32.0 Å². The highest BCUT2D eigenvalue weighted by Crippen LogP contribution is 2.24. The van der Waals surface area contributed by atoms with Crippen LogP contribution in [0.5, 0.6) is 5.75 Å². The molecule has 6 heteroatoms. The SMILES string of the molecule is CCCCOc1ccc(BOC(C)(C)C(C)(C)O)c(/C=C/C(=O)OCC)c1. The van der Waals surface area contributed by atoms with E-state index in [1.165, 1.54) is 6.08 Å². The molecule has 0 aromatic heterocycles. The third-order valence-electron chi connectivity index (χ3n) is 4.63. The van der Waals surface area contributed by atoms with Gasteiger partial charge in [0, 0.05) is 6.08 Å². The number of benzene rings is 1. The van der Waals surface area contributed by atoms with Crippen molar-refractivity contribution < 1.29 is 24.0 Å². The Balaban J connectivity index is 3.01. The Hall–Kier alpha value is -1.79. The van der Waals surface area contributed by atoms with Crippen molar-refractivity contribution >= 4 is 25.0 Å². The summed E-state index contributed by atoms with van der Waals surface area (Å²) in [5, 5.41) is 10.3. The second kappa shape index (κ2) is 10.5. The number of hydrogen-bond acceptors (Lipinski definition) is 5. The van der Waals surface area contributed by atoms with Crippen LogP contribution in [0.15, 0.2) is 24.3 Å². The predicted octanol–water partition coefficient (Wildman–Crippen LogP) is 2.98. The van der Waals surface area contributed by atoms with Crippen LogP contribution < -0.4 is 10.2 Å². The number of carbonyl (C=O) groups is 1. The van der Waals surface area contributed by atoms with E-state index in [1.54, 1.807) is 26.8 Å². The fraction of sp³-hybridized carbons (Fsp3) is 0.571. The Morgan fingerprint density at radius 2 is 1.93 bits per heavy atom. The van der Waals surface area contributed by atoms with Crippen molar-refractivity contribution in [3.63, 3.8) is 0 Å². The largest absolute Gasteiger partial charge is 0.494 e. The number of aliphatic hydroxyl groups is 1. The third kappa shape index (κ3) is 7.77. The van der Waals surface area contributed by atoms with E-state index >= 15 is 0 Å². The van der Waals surface area contributed by atoms with Gasteiger partial charge in [-0.05, 0) is 70.3 Å². The number of ether oxygens (including phenoxy) is 2. The van der Waals surface area contributed by atoms with E-state index in [9.17, 15) is 9.90 Å². The Bertz CT molecular complexity index is 632. The van der Waals surface area contributed by atoms with E-state index in [0.717, 1.165) is 29.6 Å². The summed E-state index contributed by atoms with van der Waals surface area (Å²) in [6, 6.07) is 5.71. The summed E-state index contributed by atoms with van der Waals surface area (Å²) in [6.07, 6.45) is 5.16. The normalized spacial score (nSPS) is 12.3. The van der Waals surface area contributed by atoms with Gasteiger partial charge in [-0.2, -0.15) is 0 Å². The molecule has 0 bridgehead atoms. The lowest BCUT2D eigenvalue weighted by Crippen LogP contribution is -2.49. The van der Waals surface area contributed by atoms with Crippen LogP contribution in [-0.2, 0) is 14.2 Å². The lowest BCUT2D eigenvalue weighted by atomic mass is 9.80. The van der Waals surface area contributed by atoms with Crippen molar-refractivity contribution in [2.45, 2.75) is 65.6 Å². The maximum absolute atomic E-state index is 11.7. The van der Waals surface area contributed by atoms with Crippen LogP contribution in [0.3, 0.4) is 0 Å². The average Bonchev–Trinajstić information content (AvgIpc) is 2.58. The first-order valence-electron chi connectivity index (χ1n) is 9.57. The smallest absolute Gasteiger partial charge is 0.330 e. The van der Waals surface area contributed by atoms with Crippen LogP contribution in [0, 0.1) is 0 Å². The molecule has 150 valence electrons. The Labute approximate surface area is 164 Å². The van der Waals surface area contributed by atoms with Crippen LogP contribution in [0.1, 0.15) is 59.9 Å². The van der Waals surface area contributed by atoms with E-state index in [2.05, 4.69) is 6.92 Å². The highest BCUT2D eigenvalue weighted by Gasteiger charge is 2.35. The lowest BCUT2D eigenvalue weighted by Gasteiger charge is -2.37. The van der Waals surface area contributed by atoms with Gasteiger partial charge >= 0.3 is 13.5 Å². The van der Waals surface area contributed by atoms with E-state index in [4.69, 9.17) is 14.1 Å². The zero-order valence-corrected chi connectivity index (χ0v) is 17.5. The van der Waals surface area contributed by atoms with Crippen LogP contribution in [0.25, 0.3) is 6.08 Å². The van der Waals surface area contributed by atoms with Crippen molar-refractivity contribution in [2.24, 2.45) is 0 Å². The second-order valence-electron chi connectivity index (χ2n) is 7.51. The Kier molecular flexibility index (Phi) is 9.06. The summed E-state index contributed by atoms with van der Waals surface area (Å²) < 4.78 is 16.7. The topological polar surface area (TPSA) is 65.0 Å². The molecule has 0 aliphatic heterocycles. The maximum atomic E-state index is 11.7. The molecule has 27 heavy (non-hydrogen) atoms. The van der Waals surface area contributed by atoms with Crippen LogP contribution in [-0.4, -0.2) is 43.0 Å². The molecule has 0 aliphatic carbocycles. The van der Waals surface area contributed by atoms with Gasteiger partial charge in [-0.25, -0.2) is 4.79 Å². The van der Waals surface area contributed by atoms with E-state index in [0.29, 0.717) is 20.7 Å². The molecular formula is C21H33BO5. The summed E-state index contributed by atoms with van der Waals surface area (Å²) >= 11 is 0. The number of hydrogen-bond donors (Lipinski definition) is 1. The summed E-state index contributed by atoms with van der Waals surface area (Å²) in [5.41, 5.74) is 0.00190. The molecular weight excluding hydrogens is 343 g/mol. The third-order valence-corrected chi connectivity index (χ3v) is 4.63. The summed E-state index contributed by atoms with van der Waals surface area (Å²) in [4.78, 5) is 11.7. The average molecular weight is 376 g/mol. The molecule has 1 N–H and O–H groups in total. The summed E-state index contributed by atoms with van der Waals surface area (Å²) in [7, 11) is 0.300. The Morgan fingerprint density at radius 3 is 2.52 bits per heavy atom. The molecule has 0 saturated heterocycles. The predicted molar refractivity (Wildman–Crippen MR) is 111 cm³/mol. The van der Waals surface area contributed by atoms with Gasteiger partial charge in [0.15, 0.2) is 0 Å². The molecule has 0 amide bonds. The molecule has 0 saturated carbocycles. The molecule has 0 fully saturated rings. The first-order valence-corrected chi connectivity index (χ1v) is 9.57. The highest BCUT2D eigenvalue weighted by molar-refractivity contribution is 6.48. The number of esters is 1. The second-order valence-corrected chi connectivity index (χ2v) is 7.51. The van der Waals surface area contributed by atoms with Crippen molar-refractivity contribution in [3.8, 4) is 5.75 Å². The van der Waals surface area contributed by atoms with E-state index < -0.39 is 17.2 Å². The van der Waals surface area contributed by atoms with Crippen molar-refractivity contribution in [1.29, 1.82) is 0 Å². The molecule has 0 atom stereocenters. The molecule has 0 spiro atoms. The summed E-state index contributed by atoms with van der Waals surface area (Å²) in [5.74, 6) is 0.357. The van der Waals surface area contributed by atoms with Gasteiger partial charge in [-0.3, -0.25) is 0 Å². The zero-order chi connectivity index (χ0) is 20.5. The molecule has 0 radical (unpaired) electrons. The highest BCUT2D eigenvalue weighted by atomic mass is 16.5. The van der Waals surface area contributed by atoms with Gasteiger partial charge in [0.2, 0.25) is 0 Å². The molecule has 0 heterocycles. The standard InChI is InChI=1S/C21H33BO5/c1-7-9-14-26-17-11-12-18(22-27-21(5,6)20(3,4)24)16(15-17)10-13-19(23)25-8-2/h10-13,15,22,24H,7-9,14H2,1-6H3/b13-10+. The number of rotatable bonds is 11. The van der Waals surface area contributed by atoms with Crippen LogP contribution in [0.2, 0.25) is 0 Å². The molecule has 1 rings (SSSR count). The van der Waals surface area contributed by atoms with Gasteiger partial charge in [0.05, 0.1) is 24.4 Å². The lowest BCUT2D eigenvalue weighted by molar-refractivity contribution is -0.137. The van der Waals surface area contributed by atoms with Gasteiger partial charge in [0.25, 0.3) is 0 Å². The van der Waals surface area contributed by atoms with Crippen LogP contribution >= 0.6 is 0 Å². The minimum Gasteiger partial charge on any atom is -0.494 e. The van der Waals surface area contributed by atoms with Crippen molar-refractivity contribution in [2.75, 3.05) is 13.2 Å². The molecule has 1 aromatic carbocycles. The Morgan fingerprint density at radius 1 is 1.22 bits per heavy atom. The van der Waals surface area contributed by atoms with Gasteiger partial charge < -0.3 is 19.2 Å². The summed E-state index contributed by atoms with van der Waals surface area (Å²) in [6.45, 7) is 12.0. The quantitative estimate of drug-likeness (QED) is 0.278. The minimum absolute atomic E-state index is 0.300. The fourth-order valence-electron chi connectivity index (χ4n) is 2.07. The van der Waals surface area contributed by atoms with Crippen molar-refractivity contribution in [3.05, 3.63) is 29.8 Å². The van der Waals surface area contributed by atoms with Gasteiger partial charge in [0.1, 0.15) is 5.75 Å². The molecule has 0 unspecified atom stereocenters. The fourth-order valence-corrected chi connectivity index (χ4v) is 2.07. The monoisotopic (exact) mass is 376 g/mol. The molecule has 1 aromatic rings. The van der Waals surface area contributed by atoms with E-state index in [-0.39, 0.29) is 0 Å². The van der Waals surface area contributed by atoms with Crippen LogP contribution in [0.4, 0.5) is 0 Å². The minimum atomic E-state index is -0.989. The molecule has 5 nitrogen and oxygen atoms in total. The first-order chi connectivity index (χ1) is 12.6. The van der Waals surface area contributed by atoms with Crippen molar-refractivity contribution in [1.82, 2.24) is 0 Å². The van der Waals surface area contributed by atoms with Gasteiger partial charge in [-0.1, -0.05) is 19.4 Å². The maximum Gasteiger partial charge on any atom is 0.330 e. The molecule has 0 aliphatic rings.